The lowest BCUT2D eigenvalue weighted by molar-refractivity contribution is 0.339. The van der Waals surface area contributed by atoms with Crippen LogP contribution in [0.25, 0.3) is 11.4 Å². The third-order valence-corrected chi connectivity index (χ3v) is 6.57. The third kappa shape index (κ3) is 4.48. The molecule has 160 valence electrons. The molecule has 0 atom stereocenters. The van der Waals surface area contributed by atoms with Crippen molar-refractivity contribution in [1.29, 1.82) is 0 Å². The lowest BCUT2D eigenvalue weighted by Gasteiger charge is -2.25. The fourth-order valence-electron chi connectivity index (χ4n) is 4.08. The maximum atomic E-state index is 5.51. The number of hydrogen-bond donors (Lipinski definition) is 0. The molecule has 3 aromatic rings. The highest BCUT2D eigenvalue weighted by Crippen LogP contribution is 2.38. The fraction of sp³-hybridized carbons (Fsp3) is 0.500. The molecule has 1 saturated carbocycles. The number of benzene rings is 1. The molecule has 0 radical (unpaired) electrons. The van der Waals surface area contributed by atoms with Crippen LogP contribution in [0.4, 0.5) is 0 Å². The highest BCUT2D eigenvalue weighted by atomic mass is 32.2. The Hall–Kier alpha value is -2.48. The highest BCUT2D eigenvalue weighted by Gasteiger charge is 2.24. The summed E-state index contributed by atoms with van der Waals surface area (Å²) in [6.45, 7) is 0. The summed E-state index contributed by atoms with van der Waals surface area (Å²) in [5, 5.41) is 14.4. The van der Waals surface area contributed by atoms with Crippen molar-refractivity contribution in [2.75, 3.05) is 20.0 Å². The van der Waals surface area contributed by atoms with E-state index in [4.69, 9.17) is 9.47 Å². The number of rotatable bonds is 8. The summed E-state index contributed by atoms with van der Waals surface area (Å²) in [4.78, 5) is 0. The van der Waals surface area contributed by atoms with E-state index in [-0.39, 0.29) is 0 Å². The molecule has 1 aliphatic carbocycles. The van der Waals surface area contributed by atoms with Crippen LogP contribution in [0.1, 0.15) is 43.7 Å². The molecule has 0 unspecified atom stereocenters. The molecule has 1 aromatic carbocycles. The van der Waals surface area contributed by atoms with Gasteiger partial charge in [0.25, 0.3) is 0 Å². The maximum absolute atomic E-state index is 5.51. The fourth-order valence-corrected chi connectivity index (χ4v) is 5.07. The van der Waals surface area contributed by atoms with Crippen LogP contribution in [0.3, 0.4) is 0 Å². The lowest BCUT2D eigenvalue weighted by Crippen LogP contribution is -2.15. The van der Waals surface area contributed by atoms with Gasteiger partial charge in [0.1, 0.15) is 0 Å². The number of aryl methyl sites for hydroxylation is 2. The first-order chi connectivity index (χ1) is 14.7. The Labute approximate surface area is 181 Å². The third-order valence-electron chi connectivity index (χ3n) is 5.63. The van der Waals surface area contributed by atoms with Crippen molar-refractivity contribution in [3.05, 3.63) is 36.2 Å². The van der Waals surface area contributed by atoms with Gasteiger partial charge in [-0.1, -0.05) is 31.0 Å². The number of aromatic nitrogens is 5. The molecular weight excluding hydrogens is 398 g/mol. The number of methoxy groups -OCH3 is 2. The highest BCUT2D eigenvalue weighted by molar-refractivity contribution is 7.99. The van der Waals surface area contributed by atoms with Gasteiger partial charge in [-0.25, -0.2) is 0 Å². The molecule has 0 aliphatic heterocycles. The zero-order valence-electron chi connectivity index (χ0n) is 17.9. The summed E-state index contributed by atoms with van der Waals surface area (Å²) >= 11 is 1.77. The number of nitrogens with zero attached hydrogens (tertiary/aromatic N) is 5. The van der Waals surface area contributed by atoms with Crippen LogP contribution in [0.15, 0.2) is 35.7 Å². The first-order valence-corrected chi connectivity index (χ1v) is 11.5. The molecule has 0 spiro atoms. The van der Waals surface area contributed by atoms with Crippen LogP contribution in [0.2, 0.25) is 0 Å². The van der Waals surface area contributed by atoms with E-state index in [1.54, 1.807) is 26.0 Å². The second kappa shape index (κ2) is 9.55. The summed E-state index contributed by atoms with van der Waals surface area (Å²) in [5.41, 5.74) is 2.25. The van der Waals surface area contributed by atoms with Gasteiger partial charge in [0, 0.05) is 30.6 Å². The van der Waals surface area contributed by atoms with Crippen LogP contribution in [-0.4, -0.2) is 44.5 Å². The van der Waals surface area contributed by atoms with Gasteiger partial charge in [-0.15, -0.1) is 10.2 Å². The van der Waals surface area contributed by atoms with Crippen molar-refractivity contribution in [3.8, 4) is 22.9 Å². The molecule has 30 heavy (non-hydrogen) atoms. The minimum absolute atomic E-state index is 0.442. The topological polar surface area (TPSA) is 67.0 Å². The second-order valence-corrected chi connectivity index (χ2v) is 8.72. The van der Waals surface area contributed by atoms with Crippen molar-refractivity contribution in [1.82, 2.24) is 24.5 Å². The van der Waals surface area contributed by atoms with E-state index in [0.29, 0.717) is 11.8 Å². The minimum atomic E-state index is 0.442. The Bertz CT molecular complexity index is 978. The SMILES string of the molecule is COc1ccc(-c2nnc(SCCc3cnn(C)c3)n2C2CCCCC2)cc1OC. The van der Waals surface area contributed by atoms with E-state index < -0.39 is 0 Å². The van der Waals surface area contributed by atoms with Crippen molar-refractivity contribution >= 4 is 11.8 Å². The zero-order chi connectivity index (χ0) is 20.9. The molecule has 2 heterocycles. The molecule has 2 aromatic heterocycles. The largest absolute Gasteiger partial charge is 0.493 e. The predicted octanol–water partition coefficient (Wildman–Crippen LogP) is 4.54. The summed E-state index contributed by atoms with van der Waals surface area (Å²) in [5.74, 6) is 3.28. The van der Waals surface area contributed by atoms with E-state index in [0.717, 1.165) is 34.5 Å². The van der Waals surface area contributed by atoms with Crippen molar-refractivity contribution in [2.45, 2.75) is 49.7 Å². The second-order valence-electron chi connectivity index (χ2n) is 7.66. The van der Waals surface area contributed by atoms with Gasteiger partial charge < -0.3 is 9.47 Å². The standard InChI is InChI=1S/C22H29N5O2S/c1-26-15-16(14-23-26)11-12-30-22-25-24-21(27(22)18-7-5-4-6-8-18)17-9-10-19(28-2)20(13-17)29-3/h9-10,13-15,18H,4-8,11-12H2,1-3H3. The predicted molar refractivity (Wildman–Crippen MR) is 118 cm³/mol. The van der Waals surface area contributed by atoms with Crippen LogP contribution in [-0.2, 0) is 13.5 Å². The van der Waals surface area contributed by atoms with E-state index >= 15 is 0 Å². The van der Waals surface area contributed by atoms with E-state index in [1.165, 1.54) is 37.7 Å². The van der Waals surface area contributed by atoms with Gasteiger partial charge in [0.15, 0.2) is 22.5 Å². The number of ether oxygens (including phenoxy) is 2. The van der Waals surface area contributed by atoms with Crippen LogP contribution >= 0.6 is 11.8 Å². The Kier molecular flexibility index (Phi) is 6.62. The van der Waals surface area contributed by atoms with E-state index in [2.05, 4.69) is 26.1 Å². The van der Waals surface area contributed by atoms with E-state index in [1.807, 2.05) is 36.1 Å². The number of thioether (sulfide) groups is 1. The summed E-state index contributed by atoms with van der Waals surface area (Å²) in [7, 11) is 5.26. The molecule has 1 aliphatic rings. The van der Waals surface area contributed by atoms with Gasteiger partial charge in [0.2, 0.25) is 0 Å². The smallest absolute Gasteiger partial charge is 0.191 e. The molecular formula is C22H29N5O2S. The molecule has 1 fully saturated rings. The lowest BCUT2D eigenvalue weighted by atomic mass is 9.95. The van der Waals surface area contributed by atoms with Crippen molar-refractivity contribution in [2.24, 2.45) is 7.05 Å². The van der Waals surface area contributed by atoms with Gasteiger partial charge >= 0.3 is 0 Å². The van der Waals surface area contributed by atoms with Crippen LogP contribution in [0, 0.1) is 0 Å². The molecule has 0 bridgehead atoms. The Morgan fingerprint density at radius 2 is 1.87 bits per heavy atom. The maximum Gasteiger partial charge on any atom is 0.191 e. The molecule has 7 nitrogen and oxygen atoms in total. The molecule has 4 rings (SSSR count). The first kappa shape index (κ1) is 20.8. The monoisotopic (exact) mass is 427 g/mol. The Balaban J connectivity index is 1.61. The van der Waals surface area contributed by atoms with E-state index in [9.17, 15) is 0 Å². The summed E-state index contributed by atoms with van der Waals surface area (Å²) in [6.07, 6.45) is 11.1. The quantitative estimate of drug-likeness (QED) is 0.492. The van der Waals surface area contributed by atoms with Gasteiger partial charge in [-0.05, 0) is 43.0 Å². The van der Waals surface area contributed by atoms with Crippen LogP contribution in [0.5, 0.6) is 11.5 Å². The average molecular weight is 428 g/mol. The summed E-state index contributed by atoms with van der Waals surface area (Å²) in [6, 6.07) is 6.40. The first-order valence-electron chi connectivity index (χ1n) is 10.5. The Morgan fingerprint density at radius 3 is 2.57 bits per heavy atom. The van der Waals surface area contributed by atoms with Gasteiger partial charge in [0.05, 0.1) is 20.4 Å². The molecule has 8 heteroatoms. The molecule has 0 N–H and O–H groups in total. The molecule has 0 saturated heterocycles. The average Bonchev–Trinajstić information content (AvgIpc) is 3.40. The van der Waals surface area contributed by atoms with Crippen molar-refractivity contribution < 1.29 is 9.47 Å². The normalized spacial score (nSPS) is 14.8. The molecule has 0 amide bonds. The van der Waals surface area contributed by atoms with Gasteiger partial charge in [-0.3, -0.25) is 9.25 Å². The van der Waals surface area contributed by atoms with Crippen molar-refractivity contribution in [3.63, 3.8) is 0 Å². The number of hydrogen-bond acceptors (Lipinski definition) is 6. The Morgan fingerprint density at radius 1 is 1.07 bits per heavy atom. The summed E-state index contributed by atoms with van der Waals surface area (Å²) < 4.78 is 15.1. The zero-order valence-corrected chi connectivity index (χ0v) is 18.7. The van der Waals surface area contributed by atoms with Gasteiger partial charge in [-0.2, -0.15) is 5.10 Å². The van der Waals surface area contributed by atoms with Crippen LogP contribution < -0.4 is 9.47 Å². The minimum Gasteiger partial charge on any atom is -0.493 e.